The Bertz CT molecular complexity index is 931. The van der Waals surface area contributed by atoms with Crippen molar-refractivity contribution in [1.82, 2.24) is 9.88 Å². The van der Waals surface area contributed by atoms with Crippen molar-refractivity contribution in [2.24, 2.45) is 4.99 Å². The number of thioether (sulfide) groups is 1. The van der Waals surface area contributed by atoms with Gasteiger partial charge in [0.15, 0.2) is 5.88 Å². The van der Waals surface area contributed by atoms with Crippen LogP contribution in [0.4, 0.5) is 5.69 Å². The summed E-state index contributed by atoms with van der Waals surface area (Å²) in [5.74, 6) is 3.50. The van der Waals surface area contributed by atoms with E-state index in [0.29, 0.717) is 5.56 Å². The van der Waals surface area contributed by atoms with E-state index in [0.717, 1.165) is 41.9 Å². The summed E-state index contributed by atoms with van der Waals surface area (Å²) in [7, 11) is 0. The lowest BCUT2D eigenvalue weighted by Gasteiger charge is -2.25. The molecule has 146 valence electrons. The van der Waals surface area contributed by atoms with Gasteiger partial charge in [0, 0.05) is 48.3 Å². The number of hydrogen-bond acceptors (Lipinski definition) is 5. The summed E-state index contributed by atoms with van der Waals surface area (Å²) in [4.78, 5) is 9.97. The third kappa shape index (κ3) is 4.69. The molecule has 1 aliphatic heterocycles. The van der Waals surface area contributed by atoms with Crippen LogP contribution in [0.2, 0.25) is 0 Å². The standard InChI is InChI=1S/C22H25N3O2S/c26-22-20(19-4-1-2-5-21(19)24-22)16-23-17-6-8-18(9-7-17)27-13-3-10-25-11-14-28-15-12-25/h1-2,4-9,16,24,26H,3,10-15H2. The summed E-state index contributed by atoms with van der Waals surface area (Å²) in [5.41, 5.74) is 2.42. The van der Waals surface area contributed by atoms with Crippen LogP contribution < -0.4 is 4.74 Å². The van der Waals surface area contributed by atoms with Gasteiger partial charge in [-0.1, -0.05) is 18.2 Å². The van der Waals surface area contributed by atoms with E-state index in [9.17, 15) is 5.11 Å². The zero-order chi connectivity index (χ0) is 19.2. The van der Waals surface area contributed by atoms with Crippen LogP contribution in [-0.2, 0) is 0 Å². The van der Waals surface area contributed by atoms with Gasteiger partial charge in [0.2, 0.25) is 0 Å². The SMILES string of the molecule is Oc1[nH]c2ccccc2c1C=Nc1ccc(OCCCN2CCSCC2)cc1. The largest absolute Gasteiger partial charge is 0.494 e. The molecule has 28 heavy (non-hydrogen) atoms. The van der Waals surface area contributed by atoms with Crippen LogP contribution in [0.1, 0.15) is 12.0 Å². The molecule has 0 atom stereocenters. The number of nitrogens with zero attached hydrogens (tertiary/aromatic N) is 2. The van der Waals surface area contributed by atoms with E-state index in [4.69, 9.17) is 4.74 Å². The highest BCUT2D eigenvalue weighted by atomic mass is 32.2. The maximum Gasteiger partial charge on any atom is 0.198 e. The second kappa shape index (κ2) is 9.17. The fourth-order valence-electron chi connectivity index (χ4n) is 3.35. The van der Waals surface area contributed by atoms with Crippen LogP contribution in [0.3, 0.4) is 0 Å². The predicted octanol–water partition coefficient (Wildman–Crippen LogP) is 4.44. The number of aromatic nitrogens is 1. The number of benzene rings is 2. The number of ether oxygens (including phenoxy) is 1. The van der Waals surface area contributed by atoms with Crippen LogP contribution in [-0.4, -0.2) is 59.0 Å². The van der Waals surface area contributed by atoms with Crippen molar-refractivity contribution in [3.63, 3.8) is 0 Å². The van der Waals surface area contributed by atoms with Gasteiger partial charge in [0.1, 0.15) is 5.75 Å². The Morgan fingerprint density at radius 3 is 2.71 bits per heavy atom. The Labute approximate surface area is 169 Å². The average molecular weight is 396 g/mol. The van der Waals surface area contributed by atoms with Crippen LogP contribution >= 0.6 is 11.8 Å². The van der Waals surface area contributed by atoms with Gasteiger partial charge >= 0.3 is 0 Å². The molecule has 0 aliphatic carbocycles. The molecule has 1 saturated heterocycles. The quantitative estimate of drug-likeness (QED) is 0.459. The van der Waals surface area contributed by atoms with Crippen molar-refractivity contribution in [3.05, 3.63) is 54.1 Å². The Hall–Kier alpha value is -2.44. The third-order valence-corrected chi connectivity index (χ3v) is 5.84. The minimum atomic E-state index is 0.136. The van der Waals surface area contributed by atoms with E-state index >= 15 is 0 Å². The average Bonchev–Trinajstić information content (AvgIpc) is 3.06. The lowest BCUT2D eigenvalue weighted by molar-refractivity contribution is 0.248. The summed E-state index contributed by atoms with van der Waals surface area (Å²) in [5, 5.41) is 11.1. The minimum Gasteiger partial charge on any atom is -0.494 e. The summed E-state index contributed by atoms with van der Waals surface area (Å²) in [6.07, 6.45) is 2.74. The molecular formula is C22H25N3O2S. The van der Waals surface area contributed by atoms with E-state index in [2.05, 4.69) is 14.9 Å². The lowest BCUT2D eigenvalue weighted by atomic mass is 10.2. The second-order valence-electron chi connectivity index (χ2n) is 6.84. The van der Waals surface area contributed by atoms with Crippen LogP contribution in [0.5, 0.6) is 11.6 Å². The van der Waals surface area contributed by atoms with Gasteiger partial charge in [-0.15, -0.1) is 0 Å². The molecule has 5 nitrogen and oxygen atoms in total. The number of H-pyrrole nitrogens is 1. The Morgan fingerprint density at radius 2 is 1.89 bits per heavy atom. The number of fused-ring (bicyclic) bond motifs is 1. The molecule has 2 heterocycles. The van der Waals surface area contributed by atoms with E-state index < -0.39 is 0 Å². The zero-order valence-electron chi connectivity index (χ0n) is 15.8. The van der Waals surface area contributed by atoms with Crippen LogP contribution in [0.15, 0.2) is 53.5 Å². The molecule has 4 rings (SSSR count). The number of para-hydroxylation sites is 1. The van der Waals surface area contributed by atoms with Gasteiger partial charge in [-0.3, -0.25) is 4.99 Å². The molecule has 3 aromatic rings. The van der Waals surface area contributed by atoms with Gasteiger partial charge in [-0.25, -0.2) is 0 Å². The maximum atomic E-state index is 10.1. The molecular weight excluding hydrogens is 370 g/mol. The fraction of sp³-hybridized carbons (Fsp3) is 0.318. The molecule has 0 spiro atoms. The van der Waals surface area contributed by atoms with E-state index in [1.54, 1.807) is 6.21 Å². The Kier molecular flexibility index (Phi) is 6.19. The first kappa shape index (κ1) is 18.9. The van der Waals surface area contributed by atoms with E-state index in [-0.39, 0.29) is 5.88 Å². The van der Waals surface area contributed by atoms with Crippen molar-refractivity contribution in [2.75, 3.05) is 37.7 Å². The topological polar surface area (TPSA) is 60.9 Å². The van der Waals surface area contributed by atoms with Crippen molar-refractivity contribution in [2.45, 2.75) is 6.42 Å². The van der Waals surface area contributed by atoms with Gasteiger partial charge in [0.25, 0.3) is 0 Å². The first-order chi connectivity index (χ1) is 13.8. The molecule has 0 unspecified atom stereocenters. The summed E-state index contributed by atoms with van der Waals surface area (Å²) < 4.78 is 5.85. The van der Waals surface area contributed by atoms with Crippen molar-refractivity contribution in [1.29, 1.82) is 0 Å². The molecule has 1 fully saturated rings. The van der Waals surface area contributed by atoms with Crippen molar-refractivity contribution in [3.8, 4) is 11.6 Å². The van der Waals surface area contributed by atoms with E-state index in [1.165, 1.54) is 24.6 Å². The summed E-state index contributed by atoms with van der Waals surface area (Å²) >= 11 is 2.04. The molecule has 0 bridgehead atoms. The highest BCUT2D eigenvalue weighted by Gasteiger charge is 2.09. The summed E-state index contributed by atoms with van der Waals surface area (Å²) in [6, 6.07) is 15.5. The number of aromatic hydroxyl groups is 1. The fourth-order valence-corrected chi connectivity index (χ4v) is 4.33. The molecule has 0 saturated carbocycles. The van der Waals surface area contributed by atoms with Gasteiger partial charge in [-0.2, -0.15) is 11.8 Å². The first-order valence-corrected chi connectivity index (χ1v) is 10.8. The molecule has 0 amide bonds. The number of hydrogen-bond donors (Lipinski definition) is 2. The smallest absolute Gasteiger partial charge is 0.198 e. The number of aliphatic imine (C=N–C) groups is 1. The third-order valence-electron chi connectivity index (χ3n) is 4.90. The molecule has 0 radical (unpaired) electrons. The second-order valence-corrected chi connectivity index (χ2v) is 8.07. The van der Waals surface area contributed by atoms with Crippen molar-refractivity contribution >= 4 is 34.6 Å². The van der Waals surface area contributed by atoms with Crippen LogP contribution in [0, 0.1) is 0 Å². The predicted molar refractivity (Wildman–Crippen MR) is 118 cm³/mol. The number of nitrogens with one attached hydrogen (secondary N) is 1. The molecule has 2 aromatic carbocycles. The van der Waals surface area contributed by atoms with Gasteiger partial charge in [0.05, 0.1) is 17.9 Å². The number of rotatable bonds is 7. The maximum absolute atomic E-state index is 10.1. The summed E-state index contributed by atoms with van der Waals surface area (Å²) in [6.45, 7) is 4.24. The van der Waals surface area contributed by atoms with Crippen LogP contribution in [0.25, 0.3) is 10.9 Å². The minimum absolute atomic E-state index is 0.136. The van der Waals surface area contributed by atoms with Gasteiger partial charge < -0.3 is 19.7 Å². The first-order valence-electron chi connectivity index (χ1n) is 9.66. The Balaban J connectivity index is 1.30. The Morgan fingerprint density at radius 1 is 1.11 bits per heavy atom. The normalized spacial score (nSPS) is 15.4. The molecule has 1 aliphatic rings. The van der Waals surface area contributed by atoms with Crippen molar-refractivity contribution < 1.29 is 9.84 Å². The highest BCUT2D eigenvalue weighted by Crippen LogP contribution is 2.26. The molecule has 2 N–H and O–H groups in total. The highest BCUT2D eigenvalue weighted by molar-refractivity contribution is 7.99. The molecule has 1 aromatic heterocycles. The zero-order valence-corrected chi connectivity index (χ0v) is 16.6. The number of aromatic amines is 1. The van der Waals surface area contributed by atoms with Gasteiger partial charge in [-0.05, 0) is 36.8 Å². The van der Waals surface area contributed by atoms with E-state index in [1.807, 2.05) is 60.3 Å². The lowest BCUT2D eigenvalue weighted by Crippen LogP contribution is -2.33. The molecule has 6 heteroatoms. The monoisotopic (exact) mass is 395 g/mol.